The summed E-state index contributed by atoms with van der Waals surface area (Å²) in [7, 11) is -3.82. The number of carbonyl (C=O) groups excluding carboxylic acids is 1. The van der Waals surface area contributed by atoms with Crippen LogP contribution in [0.5, 0.6) is 0 Å². The summed E-state index contributed by atoms with van der Waals surface area (Å²) in [5.74, 6) is -1.16. The molecule has 25 heavy (non-hydrogen) atoms. The first-order valence-electron chi connectivity index (χ1n) is 8.12. The standard InChI is InChI=1S/C16H24FN3O4S/c1-13(16(21)18-7-8-19-9-11-24-12-10-19)20(25(2,22)23)15-6-4-3-5-14(15)17/h3-6,13H,7-12H2,1-2H3,(H,18,21)/t13-/m1/s1. The zero-order valence-electron chi connectivity index (χ0n) is 14.4. The molecule has 0 aromatic heterocycles. The molecule has 0 unspecified atom stereocenters. The monoisotopic (exact) mass is 373 g/mol. The number of nitrogens with zero attached hydrogens (tertiary/aromatic N) is 2. The van der Waals surface area contributed by atoms with Gasteiger partial charge in [-0.2, -0.15) is 0 Å². The minimum atomic E-state index is -3.82. The van der Waals surface area contributed by atoms with Crippen LogP contribution in [0.4, 0.5) is 10.1 Å². The third-order valence-corrected chi connectivity index (χ3v) is 5.24. The Bertz CT molecular complexity index is 692. The molecule has 2 rings (SSSR count). The van der Waals surface area contributed by atoms with E-state index in [9.17, 15) is 17.6 Å². The summed E-state index contributed by atoms with van der Waals surface area (Å²) < 4.78 is 44.3. The minimum Gasteiger partial charge on any atom is -0.379 e. The highest BCUT2D eigenvalue weighted by Gasteiger charge is 2.30. The van der Waals surface area contributed by atoms with Crippen LogP contribution < -0.4 is 9.62 Å². The summed E-state index contributed by atoms with van der Waals surface area (Å²) in [6, 6.07) is 4.44. The van der Waals surface area contributed by atoms with Crippen LogP contribution >= 0.6 is 0 Å². The van der Waals surface area contributed by atoms with Crippen molar-refractivity contribution in [2.45, 2.75) is 13.0 Å². The Balaban J connectivity index is 2.02. The molecule has 1 aromatic carbocycles. The molecule has 0 aliphatic carbocycles. The minimum absolute atomic E-state index is 0.138. The number of para-hydroxylation sites is 1. The molecule has 0 saturated carbocycles. The molecule has 1 aliphatic heterocycles. The Labute approximate surface area is 147 Å². The Hall–Kier alpha value is -1.71. The van der Waals surface area contributed by atoms with Gasteiger partial charge in [0.15, 0.2) is 0 Å². The summed E-state index contributed by atoms with van der Waals surface area (Å²) in [5.41, 5.74) is -0.138. The summed E-state index contributed by atoms with van der Waals surface area (Å²) in [4.78, 5) is 14.5. The maximum Gasteiger partial charge on any atom is 0.243 e. The molecule has 0 spiro atoms. The van der Waals surface area contributed by atoms with Gasteiger partial charge in [0.2, 0.25) is 15.9 Å². The van der Waals surface area contributed by atoms with E-state index in [2.05, 4.69) is 10.2 Å². The van der Waals surface area contributed by atoms with Gasteiger partial charge in [-0.05, 0) is 19.1 Å². The fourth-order valence-corrected chi connectivity index (χ4v) is 3.90. The van der Waals surface area contributed by atoms with Crippen molar-refractivity contribution in [1.29, 1.82) is 0 Å². The number of amides is 1. The second-order valence-electron chi connectivity index (χ2n) is 5.93. The van der Waals surface area contributed by atoms with Crippen LogP contribution in [-0.4, -0.2) is 70.9 Å². The smallest absolute Gasteiger partial charge is 0.243 e. The second kappa shape index (κ2) is 8.59. The topological polar surface area (TPSA) is 79.0 Å². The molecule has 1 saturated heterocycles. The molecule has 1 atom stereocenters. The maximum absolute atomic E-state index is 14.0. The number of ether oxygens (including phenoxy) is 1. The summed E-state index contributed by atoms with van der Waals surface area (Å²) in [6.45, 7) is 5.42. The fraction of sp³-hybridized carbons (Fsp3) is 0.562. The number of nitrogens with one attached hydrogen (secondary N) is 1. The Morgan fingerprint density at radius 2 is 2.00 bits per heavy atom. The van der Waals surface area contributed by atoms with E-state index in [1.807, 2.05) is 0 Å². The van der Waals surface area contributed by atoms with Crippen molar-refractivity contribution >= 4 is 21.6 Å². The average Bonchev–Trinajstić information content (AvgIpc) is 2.56. The Kier molecular flexibility index (Phi) is 6.74. The first-order valence-corrected chi connectivity index (χ1v) is 9.97. The van der Waals surface area contributed by atoms with E-state index in [1.165, 1.54) is 25.1 Å². The zero-order chi connectivity index (χ0) is 18.4. The molecule has 0 bridgehead atoms. The summed E-state index contributed by atoms with van der Waals surface area (Å²) in [6.07, 6.45) is 0.955. The third kappa shape index (κ3) is 5.38. The van der Waals surface area contributed by atoms with Crippen molar-refractivity contribution in [2.24, 2.45) is 0 Å². The molecule has 1 aliphatic rings. The highest BCUT2D eigenvalue weighted by atomic mass is 32.2. The van der Waals surface area contributed by atoms with Gasteiger partial charge in [-0.25, -0.2) is 12.8 Å². The van der Waals surface area contributed by atoms with Crippen molar-refractivity contribution in [3.05, 3.63) is 30.1 Å². The highest BCUT2D eigenvalue weighted by molar-refractivity contribution is 7.92. The van der Waals surface area contributed by atoms with Crippen LogP contribution in [0.2, 0.25) is 0 Å². The first-order chi connectivity index (χ1) is 11.8. The molecule has 1 fully saturated rings. The molecule has 0 radical (unpaired) electrons. The summed E-state index contributed by atoms with van der Waals surface area (Å²) >= 11 is 0. The number of hydrogen-bond acceptors (Lipinski definition) is 5. The van der Waals surface area contributed by atoms with Crippen LogP contribution in [0.1, 0.15) is 6.92 Å². The van der Waals surface area contributed by atoms with Gasteiger partial charge in [-0.3, -0.25) is 14.0 Å². The van der Waals surface area contributed by atoms with Gasteiger partial charge in [0, 0.05) is 26.2 Å². The molecular weight excluding hydrogens is 349 g/mol. The average molecular weight is 373 g/mol. The predicted octanol–water partition coefficient (Wildman–Crippen LogP) is 0.429. The van der Waals surface area contributed by atoms with Gasteiger partial charge in [-0.1, -0.05) is 12.1 Å². The van der Waals surface area contributed by atoms with E-state index in [-0.39, 0.29) is 5.69 Å². The van der Waals surface area contributed by atoms with Crippen LogP contribution in [0, 0.1) is 5.82 Å². The number of sulfonamides is 1. The van der Waals surface area contributed by atoms with Crippen LogP contribution in [-0.2, 0) is 19.6 Å². The van der Waals surface area contributed by atoms with Crippen molar-refractivity contribution in [2.75, 3.05) is 50.0 Å². The van der Waals surface area contributed by atoms with Gasteiger partial charge >= 0.3 is 0 Å². The fourth-order valence-electron chi connectivity index (χ4n) is 2.72. The van der Waals surface area contributed by atoms with Crippen LogP contribution in [0.15, 0.2) is 24.3 Å². The molecule has 1 heterocycles. The molecule has 9 heteroatoms. The number of benzene rings is 1. The second-order valence-corrected chi connectivity index (χ2v) is 7.79. The van der Waals surface area contributed by atoms with E-state index < -0.39 is 27.8 Å². The molecule has 140 valence electrons. The number of morpholine rings is 1. The zero-order valence-corrected chi connectivity index (χ0v) is 15.3. The maximum atomic E-state index is 14.0. The van der Waals surface area contributed by atoms with Crippen LogP contribution in [0.25, 0.3) is 0 Å². The van der Waals surface area contributed by atoms with E-state index in [0.717, 1.165) is 29.7 Å². The lowest BCUT2D eigenvalue weighted by atomic mass is 10.2. The summed E-state index contributed by atoms with van der Waals surface area (Å²) in [5, 5.41) is 2.72. The van der Waals surface area contributed by atoms with Gasteiger partial charge in [-0.15, -0.1) is 0 Å². The van der Waals surface area contributed by atoms with Gasteiger partial charge < -0.3 is 10.1 Å². The van der Waals surface area contributed by atoms with Crippen molar-refractivity contribution in [1.82, 2.24) is 10.2 Å². The van der Waals surface area contributed by atoms with Crippen molar-refractivity contribution < 1.29 is 22.3 Å². The lowest BCUT2D eigenvalue weighted by Crippen LogP contribution is -2.50. The van der Waals surface area contributed by atoms with E-state index in [4.69, 9.17) is 4.74 Å². The molecule has 1 N–H and O–H groups in total. The third-order valence-electron chi connectivity index (χ3n) is 4.01. The molecule has 7 nitrogen and oxygen atoms in total. The van der Waals surface area contributed by atoms with Crippen molar-refractivity contribution in [3.63, 3.8) is 0 Å². The lowest BCUT2D eigenvalue weighted by molar-refractivity contribution is -0.121. The number of rotatable bonds is 7. The molecular formula is C16H24FN3O4S. The number of carbonyl (C=O) groups is 1. The normalized spacial score (nSPS) is 17.1. The largest absolute Gasteiger partial charge is 0.379 e. The Morgan fingerprint density at radius 3 is 2.60 bits per heavy atom. The van der Waals surface area contributed by atoms with E-state index in [0.29, 0.717) is 26.3 Å². The molecule has 1 aromatic rings. The molecule has 1 amide bonds. The number of hydrogen-bond donors (Lipinski definition) is 1. The Morgan fingerprint density at radius 1 is 1.36 bits per heavy atom. The van der Waals surface area contributed by atoms with Crippen LogP contribution in [0.3, 0.4) is 0 Å². The van der Waals surface area contributed by atoms with Gasteiger partial charge in [0.25, 0.3) is 0 Å². The SMILES string of the molecule is C[C@H](C(=O)NCCN1CCOCC1)N(c1ccccc1F)S(C)(=O)=O. The van der Waals surface area contributed by atoms with Crippen molar-refractivity contribution in [3.8, 4) is 0 Å². The lowest BCUT2D eigenvalue weighted by Gasteiger charge is -2.29. The van der Waals surface area contributed by atoms with Gasteiger partial charge in [0.05, 0.1) is 25.2 Å². The number of halogens is 1. The number of anilines is 1. The first kappa shape index (κ1) is 19.6. The van der Waals surface area contributed by atoms with E-state index in [1.54, 1.807) is 0 Å². The predicted molar refractivity (Wildman–Crippen MR) is 93.5 cm³/mol. The quantitative estimate of drug-likeness (QED) is 0.750. The van der Waals surface area contributed by atoms with Gasteiger partial charge in [0.1, 0.15) is 11.9 Å². The highest BCUT2D eigenvalue weighted by Crippen LogP contribution is 2.23. The van der Waals surface area contributed by atoms with E-state index >= 15 is 0 Å².